The molecule has 0 spiro atoms. The lowest BCUT2D eigenvalue weighted by Crippen LogP contribution is -2.21. The van der Waals surface area contributed by atoms with Crippen LogP contribution in [0.1, 0.15) is 39.5 Å². The molecular formula is C13H24N2O. The maximum absolute atomic E-state index is 5.85. The summed E-state index contributed by atoms with van der Waals surface area (Å²) in [5.74, 6) is 1.08. The lowest BCUT2D eigenvalue weighted by Gasteiger charge is -2.27. The van der Waals surface area contributed by atoms with Crippen LogP contribution in [0.15, 0.2) is 23.6 Å². The molecule has 1 fully saturated rings. The van der Waals surface area contributed by atoms with Crippen molar-refractivity contribution in [3.63, 3.8) is 0 Å². The Morgan fingerprint density at radius 3 is 2.69 bits per heavy atom. The predicted molar refractivity (Wildman–Crippen MR) is 67.9 cm³/mol. The zero-order valence-corrected chi connectivity index (χ0v) is 10.5. The van der Waals surface area contributed by atoms with Gasteiger partial charge in [0.25, 0.3) is 0 Å². The predicted octanol–water partition coefficient (Wildman–Crippen LogP) is 2.30. The third kappa shape index (κ3) is 4.71. The molecule has 1 aliphatic rings. The minimum Gasteiger partial charge on any atom is -0.495 e. The molecule has 0 aromatic carbocycles. The van der Waals surface area contributed by atoms with E-state index in [1.54, 1.807) is 0 Å². The fourth-order valence-corrected chi connectivity index (χ4v) is 1.49. The minimum absolute atomic E-state index is 0.469. The van der Waals surface area contributed by atoms with Crippen molar-refractivity contribution in [2.75, 3.05) is 13.1 Å². The van der Waals surface area contributed by atoms with E-state index < -0.39 is 0 Å². The number of rotatable bonds is 7. The monoisotopic (exact) mass is 224 g/mol. The summed E-state index contributed by atoms with van der Waals surface area (Å²) in [5.41, 5.74) is 6.55. The summed E-state index contributed by atoms with van der Waals surface area (Å²) in [6.45, 7) is 5.65. The third-order valence-electron chi connectivity index (χ3n) is 2.79. The summed E-state index contributed by atoms with van der Waals surface area (Å²) in [4.78, 5) is 0. The first-order valence-corrected chi connectivity index (χ1v) is 6.24. The van der Waals surface area contributed by atoms with Crippen LogP contribution in [0, 0.1) is 0 Å². The van der Waals surface area contributed by atoms with Crippen molar-refractivity contribution >= 4 is 0 Å². The second-order valence-corrected chi connectivity index (χ2v) is 4.22. The first-order chi connectivity index (χ1) is 7.76. The van der Waals surface area contributed by atoms with Gasteiger partial charge >= 0.3 is 0 Å². The summed E-state index contributed by atoms with van der Waals surface area (Å²) >= 11 is 0. The number of hydrogen-bond donors (Lipinski definition) is 2. The lowest BCUT2D eigenvalue weighted by atomic mass is 9.96. The average Bonchev–Trinajstić information content (AvgIpc) is 2.24. The first-order valence-electron chi connectivity index (χ1n) is 6.24. The molecule has 0 atom stereocenters. The zero-order valence-electron chi connectivity index (χ0n) is 10.5. The van der Waals surface area contributed by atoms with E-state index >= 15 is 0 Å². The molecule has 0 amide bonds. The third-order valence-corrected chi connectivity index (χ3v) is 2.79. The SMILES string of the molecule is CC/C(=C\C=C(/C)NCCN)OC1CCC1. The Kier molecular flexibility index (Phi) is 6.01. The van der Waals surface area contributed by atoms with Gasteiger partial charge in [0.1, 0.15) is 0 Å². The van der Waals surface area contributed by atoms with E-state index in [1.807, 2.05) is 6.92 Å². The normalized spacial score (nSPS) is 18.2. The van der Waals surface area contributed by atoms with Crippen molar-refractivity contribution in [2.45, 2.75) is 45.6 Å². The molecule has 0 aromatic rings. The molecule has 0 radical (unpaired) electrons. The number of allylic oxidation sites excluding steroid dienone is 4. The Morgan fingerprint density at radius 1 is 1.44 bits per heavy atom. The molecule has 3 heteroatoms. The van der Waals surface area contributed by atoms with E-state index in [0.29, 0.717) is 12.6 Å². The van der Waals surface area contributed by atoms with Crippen LogP contribution in [0.2, 0.25) is 0 Å². The highest BCUT2D eigenvalue weighted by molar-refractivity contribution is 5.12. The van der Waals surface area contributed by atoms with E-state index in [0.717, 1.165) is 24.4 Å². The van der Waals surface area contributed by atoms with Gasteiger partial charge in [-0.15, -0.1) is 0 Å². The molecule has 92 valence electrons. The molecule has 3 N–H and O–H groups in total. The van der Waals surface area contributed by atoms with Gasteiger partial charge < -0.3 is 15.8 Å². The highest BCUT2D eigenvalue weighted by Gasteiger charge is 2.19. The molecule has 1 rings (SSSR count). The van der Waals surface area contributed by atoms with Crippen LogP contribution in [-0.2, 0) is 4.74 Å². The van der Waals surface area contributed by atoms with E-state index in [-0.39, 0.29) is 0 Å². The van der Waals surface area contributed by atoms with Crippen LogP contribution < -0.4 is 11.1 Å². The van der Waals surface area contributed by atoms with Crippen LogP contribution in [0.4, 0.5) is 0 Å². The molecule has 1 aliphatic carbocycles. The largest absolute Gasteiger partial charge is 0.495 e. The molecule has 0 unspecified atom stereocenters. The van der Waals surface area contributed by atoms with Crippen LogP contribution in [0.25, 0.3) is 0 Å². The highest BCUT2D eigenvalue weighted by Crippen LogP contribution is 2.25. The standard InChI is InChI=1S/C13H24N2O/c1-3-12(16-13-5-4-6-13)8-7-11(2)15-10-9-14/h7-8,13,15H,3-6,9-10,14H2,1-2H3/b11-7+,12-8+. The summed E-state index contributed by atoms with van der Waals surface area (Å²) < 4.78 is 5.85. The number of nitrogens with two attached hydrogens (primary N) is 1. The Morgan fingerprint density at radius 2 is 2.19 bits per heavy atom. The molecule has 0 aromatic heterocycles. The van der Waals surface area contributed by atoms with Gasteiger partial charge in [-0.05, 0) is 38.3 Å². The Bertz CT molecular complexity index is 255. The van der Waals surface area contributed by atoms with Crippen molar-refractivity contribution in [3.8, 4) is 0 Å². The van der Waals surface area contributed by atoms with E-state index in [2.05, 4.69) is 24.4 Å². The molecule has 3 nitrogen and oxygen atoms in total. The zero-order chi connectivity index (χ0) is 11.8. The van der Waals surface area contributed by atoms with Gasteiger partial charge in [-0.1, -0.05) is 6.92 Å². The van der Waals surface area contributed by atoms with Crippen molar-refractivity contribution in [3.05, 3.63) is 23.6 Å². The average molecular weight is 224 g/mol. The van der Waals surface area contributed by atoms with Gasteiger partial charge in [-0.3, -0.25) is 0 Å². The molecule has 0 bridgehead atoms. The number of ether oxygens (including phenoxy) is 1. The number of hydrogen-bond acceptors (Lipinski definition) is 3. The van der Waals surface area contributed by atoms with Gasteiger partial charge in [0.05, 0.1) is 11.9 Å². The second-order valence-electron chi connectivity index (χ2n) is 4.22. The highest BCUT2D eigenvalue weighted by atomic mass is 16.5. The van der Waals surface area contributed by atoms with Crippen molar-refractivity contribution in [1.29, 1.82) is 0 Å². The minimum atomic E-state index is 0.469. The van der Waals surface area contributed by atoms with Crippen LogP contribution in [0.5, 0.6) is 0 Å². The molecule has 16 heavy (non-hydrogen) atoms. The van der Waals surface area contributed by atoms with E-state index in [4.69, 9.17) is 10.5 Å². The van der Waals surface area contributed by atoms with Gasteiger partial charge in [-0.2, -0.15) is 0 Å². The second kappa shape index (κ2) is 7.34. The van der Waals surface area contributed by atoms with E-state index in [1.165, 1.54) is 19.3 Å². The maximum Gasteiger partial charge on any atom is 0.0982 e. The van der Waals surface area contributed by atoms with Crippen molar-refractivity contribution in [2.24, 2.45) is 5.73 Å². The van der Waals surface area contributed by atoms with Crippen LogP contribution in [-0.4, -0.2) is 19.2 Å². The van der Waals surface area contributed by atoms with Crippen LogP contribution >= 0.6 is 0 Å². The van der Waals surface area contributed by atoms with Gasteiger partial charge in [-0.25, -0.2) is 0 Å². The van der Waals surface area contributed by atoms with Gasteiger partial charge in [0.15, 0.2) is 0 Å². The molecule has 0 aliphatic heterocycles. The fourth-order valence-electron chi connectivity index (χ4n) is 1.49. The summed E-state index contributed by atoms with van der Waals surface area (Å²) in [6, 6.07) is 0. The summed E-state index contributed by atoms with van der Waals surface area (Å²) in [7, 11) is 0. The Hall–Kier alpha value is -0.960. The van der Waals surface area contributed by atoms with Crippen LogP contribution in [0.3, 0.4) is 0 Å². The topological polar surface area (TPSA) is 47.3 Å². The lowest BCUT2D eigenvalue weighted by molar-refractivity contribution is 0.0486. The van der Waals surface area contributed by atoms with Gasteiger partial charge in [0, 0.05) is 25.2 Å². The van der Waals surface area contributed by atoms with Crippen molar-refractivity contribution in [1.82, 2.24) is 5.32 Å². The van der Waals surface area contributed by atoms with Crippen molar-refractivity contribution < 1.29 is 4.74 Å². The quantitative estimate of drug-likeness (QED) is 0.515. The maximum atomic E-state index is 5.85. The molecule has 0 saturated heterocycles. The molecule has 1 saturated carbocycles. The number of nitrogens with one attached hydrogen (secondary N) is 1. The molecular weight excluding hydrogens is 200 g/mol. The summed E-state index contributed by atoms with van der Waals surface area (Å²) in [6.07, 6.45) is 9.30. The van der Waals surface area contributed by atoms with E-state index in [9.17, 15) is 0 Å². The molecule has 0 heterocycles. The Balaban J connectivity index is 2.37. The fraction of sp³-hybridized carbons (Fsp3) is 0.692. The first kappa shape index (κ1) is 13.1. The Labute approximate surface area is 98.7 Å². The smallest absolute Gasteiger partial charge is 0.0982 e. The van der Waals surface area contributed by atoms with Gasteiger partial charge in [0.2, 0.25) is 0 Å². The summed E-state index contributed by atoms with van der Waals surface area (Å²) in [5, 5.41) is 3.23.